The zero-order valence-electron chi connectivity index (χ0n) is 17.7. The van der Waals surface area contributed by atoms with Gasteiger partial charge in [-0.05, 0) is 36.8 Å². The number of carbonyl (C=O) groups excluding carboxylic acids is 1. The molecule has 2 aromatic heterocycles. The van der Waals surface area contributed by atoms with E-state index in [4.69, 9.17) is 16.3 Å². The normalized spacial score (nSPS) is 10.9. The van der Waals surface area contributed by atoms with Gasteiger partial charge in [-0.15, -0.1) is 21.5 Å². The van der Waals surface area contributed by atoms with Crippen LogP contribution in [0.25, 0.3) is 11.3 Å². The monoisotopic (exact) mass is 563 g/mol. The Morgan fingerprint density at radius 2 is 2.03 bits per heavy atom. The molecule has 1 N–H and O–H groups in total. The molecule has 11 heteroatoms. The molecule has 1 amide bonds. The van der Waals surface area contributed by atoms with Crippen molar-refractivity contribution in [1.82, 2.24) is 19.7 Å². The molecule has 0 saturated carbocycles. The van der Waals surface area contributed by atoms with Crippen molar-refractivity contribution in [3.8, 4) is 17.0 Å². The van der Waals surface area contributed by atoms with E-state index >= 15 is 0 Å². The zero-order chi connectivity index (χ0) is 23.4. The van der Waals surface area contributed by atoms with E-state index in [2.05, 4.69) is 36.4 Å². The number of ether oxygens (including phenoxy) is 1. The molecule has 4 aromatic rings. The Hall–Kier alpha value is -2.40. The maximum Gasteiger partial charge on any atom is 0.236 e. The van der Waals surface area contributed by atoms with Gasteiger partial charge >= 0.3 is 0 Å². The van der Waals surface area contributed by atoms with Crippen molar-refractivity contribution in [2.45, 2.75) is 18.7 Å². The molecule has 0 atom stereocenters. The number of benzene rings is 2. The Morgan fingerprint density at radius 3 is 2.82 bits per heavy atom. The van der Waals surface area contributed by atoms with Crippen molar-refractivity contribution in [1.29, 1.82) is 0 Å². The number of amides is 1. The maximum absolute atomic E-state index is 12.4. The summed E-state index contributed by atoms with van der Waals surface area (Å²) < 4.78 is 8.60. The Morgan fingerprint density at radius 1 is 1.24 bits per heavy atom. The predicted octanol–water partition coefficient (Wildman–Crippen LogP) is 5.97. The van der Waals surface area contributed by atoms with E-state index in [-0.39, 0.29) is 18.3 Å². The third kappa shape index (κ3) is 6.14. The molecule has 2 heterocycles. The minimum Gasteiger partial charge on any atom is -0.484 e. The number of carbonyl (C=O) groups is 1. The number of halogens is 2. The summed E-state index contributed by atoms with van der Waals surface area (Å²) in [6.07, 6.45) is 0. The molecule has 0 aliphatic rings. The number of nitrogens with zero attached hydrogens (tertiary/aromatic N) is 4. The lowest BCUT2D eigenvalue weighted by molar-refractivity contribution is -0.113. The molecular formula is C22H19BrClN5O2S2. The summed E-state index contributed by atoms with van der Waals surface area (Å²) in [6.45, 7) is 2.19. The number of hydrogen-bond acceptors (Lipinski definition) is 7. The van der Waals surface area contributed by atoms with Crippen molar-refractivity contribution in [2.75, 3.05) is 11.1 Å². The lowest BCUT2D eigenvalue weighted by Gasteiger charge is -2.09. The molecule has 170 valence electrons. The van der Waals surface area contributed by atoms with E-state index in [9.17, 15) is 4.79 Å². The molecule has 0 saturated heterocycles. The van der Waals surface area contributed by atoms with Crippen LogP contribution < -0.4 is 10.1 Å². The molecule has 0 bridgehead atoms. The van der Waals surface area contributed by atoms with E-state index in [0.29, 0.717) is 26.9 Å². The van der Waals surface area contributed by atoms with Gasteiger partial charge in [-0.2, -0.15) is 0 Å². The second-order valence-corrected chi connectivity index (χ2v) is 10.2. The average Bonchev–Trinajstić information content (AvgIpc) is 3.40. The molecule has 0 unspecified atom stereocenters. The predicted molar refractivity (Wildman–Crippen MR) is 136 cm³/mol. The highest BCUT2D eigenvalue weighted by Crippen LogP contribution is 2.27. The van der Waals surface area contributed by atoms with E-state index in [1.165, 1.54) is 23.1 Å². The Kier molecular flexibility index (Phi) is 7.69. The molecule has 33 heavy (non-hydrogen) atoms. The number of thioether (sulfide) groups is 1. The molecule has 0 aliphatic carbocycles. The fraction of sp³-hybridized carbons (Fsp3) is 0.182. The third-order valence-corrected chi connectivity index (χ3v) is 7.21. The molecule has 0 aliphatic heterocycles. The summed E-state index contributed by atoms with van der Waals surface area (Å²) in [5.74, 6) is 1.25. The quantitative estimate of drug-likeness (QED) is 0.266. The summed E-state index contributed by atoms with van der Waals surface area (Å²) in [5.41, 5.74) is 2.87. The summed E-state index contributed by atoms with van der Waals surface area (Å²) in [6, 6.07) is 13.5. The van der Waals surface area contributed by atoms with Gasteiger partial charge in [-0.25, -0.2) is 4.98 Å². The van der Waals surface area contributed by atoms with Crippen LogP contribution in [0.15, 0.2) is 57.5 Å². The minimum absolute atomic E-state index is 0.163. The third-order valence-electron chi connectivity index (χ3n) is 4.59. The first-order valence-corrected chi connectivity index (χ1v) is 12.8. The number of rotatable bonds is 8. The van der Waals surface area contributed by atoms with Crippen molar-refractivity contribution in [3.63, 3.8) is 0 Å². The van der Waals surface area contributed by atoms with Crippen LogP contribution in [-0.2, 0) is 18.4 Å². The fourth-order valence-corrected chi connectivity index (χ4v) is 4.73. The highest BCUT2D eigenvalue weighted by molar-refractivity contribution is 9.10. The largest absolute Gasteiger partial charge is 0.484 e. The van der Waals surface area contributed by atoms with E-state index in [0.717, 1.165) is 21.3 Å². The first-order valence-electron chi connectivity index (χ1n) is 9.80. The van der Waals surface area contributed by atoms with E-state index < -0.39 is 0 Å². The van der Waals surface area contributed by atoms with E-state index in [1.54, 1.807) is 10.6 Å². The molecule has 0 radical (unpaired) electrons. The smallest absolute Gasteiger partial charge is 0.236 e. The van der Waals surface area contributed by atoms with Crippen LogP contribution >= 0.6 is 50.6 Å². The second kappa shape index (κ2) is 10.7. The summed E-state index contributed by atoms with van der Waals surface area (Å²) in [5, 5.41) is 14.8. The van der Waals surface area contributed by atoms with Gasteiger partial charge < -0.3 is 14.6 Å². The number of aryl methyl sites for hydroxylation is 1. The molecule has 4 rings (SSSR count). The van der Waals surface area contributed by atoms with Crippen LogP contribution in [0.5, 0.6) is 5.75 Å². The topological polar surface area (TPSA) is 81.9 Å². The van der Waals surface area contributed by atoms with Gasteiger partial charge in [-0.1, -0.05) is 57.5 Å². The molecule has 7 nitrogen and oxygen atoms in total. The SMILES string of the molecule is Cc1ccc(Cl)c(OCc2nnc(SCC(=O)Nc3nc(-c4ccc(Br)cc4)cs3)n2C)c1. The molecular weight excluding hydrogens is 546 g/mol. The molecule has 0 spiro atoms. The minimum atomic E-state index is -0.163. The van der Waals surface area contributed by atoms with Crippen LogP contribution in [0.4, 0.5) is 5.13 Å². The zero-order valence-corrected chi connectivity index (χ0v) is 21.7. The number of hydrogen-bond donors (Lipinski definition) is 1. The van der Waals surface area contributed by atoms with Gasteiger partial charge in [0.15, 0.2) is 16.1 Å². The lowest BCUT2D eigenvalue weighted by atomic mass is 10.2. The summed E-state index contributed by atoms with van der Waals surface area (Å²) in [7, 11) is 1.84. The van der Waals surface area contributed by atoms with Gasteiger partial charge in [0.2, 0.25) is 5.91 Å². The fourth-order valence-electron chi connectivity index (χ4n) is 2.83. The van der Waals surface area contributed by atoms with Crippen LogP contribution in [0.2, 0.25) is 5.02 Å². The Balaban J connectivity index is 1.30. The Labute approximate surface area is 212 Å². The first-order chi connectivity index (χ1) is 15.9. The summed E-state index contributed by atoms with van der Waals surface area (Å²) >= 11 is 12.3. The maximum atomic E-state index is 12.4. The average molecular weight is 565 g/mol. The second-order valence-electron chi connectivity index (χ2n) is 7.06. The number of thiazole rings is 1. The van der Waals surface area contributed by atoms with Crippen LogP contribution in [0, 0.1) is 6.92 Å². The van der Waals surface area contributed by atoms with Gasteiger partial charge in [-0.3, -0.25) is 4.79 Å². The highest BCUT2D eigenvalue weighted by Gasteiger charge is 2.14. The van der Waals surface area contributed by atoms with Gasteiger partial charge in [0.25, 0.3) is 0 Å². The van der Waals surface area contributed by atoms with Crippen LogP contribution in [0.1, 0.15) is 11.4 Å². The van der Waals surface area contributed by atoms with Crippen molar-refractivity contribution < 1.29 is 9.53 Å². The van der Waals surface area contributed by atoms with Crippen LogP contribution in [0.3, 0.4) is 0 Å². The van der Waals surface area contributed by atoms with Crippen molar-refractivity contribution >= 4 is 61.7 Å². The van der Waals surface area contributed by atoms with Gasteiger partial charge in [0, 0.05) is 22.5 Å². The van der Waals surface area contributed by atoms with E-state index in [1.807, 2.05) is 55.7 Å². The lowest BCUT2D eigenvalue weighted by Crippen LogP contribution is -2.14. The standard InChI is InChI=1S/C22H19BrClN5O2S2/c1-13-3-8-16(24)18(9-13)31-10-19-27-28-22(29(19)2)33-12-20(30)26-21-25-17(11-32-21)14-4-6-15(23)7-5-14/h3-9,11H,10,12H2,1-2H3,(H,25,26,30). The highest BCUT2D eigenvalue weighted by atomic mass is 79.9. The Bertz CT molecular complexity index is 1280. The first kappa shape index (κ1) is 23.7. The summed E-state index contributed by atoms with van der Waals surface area (Å²) in [4.78, 5) is 16.9. The van der Waals surface area contributed by atoms with Gasteiger partial charge in [0.1, 0.15) is 12.4 Å². The van der Waals surface area contributed by atoms with Crippen LogP contribution in [-0.4, -0.2) is 31.4 Å². The number of aromatic nitrogens is 4. The number of nitrogens with one attached hydrogen (secondary N) is 1. The molecule has 2 aromatic carbocycles. The van der Waals surface area contributed by atoms with Crippen molar-refractivity contribution in [2.24, 2.45) is 7.05 Å². The van der Waals surface area contributed by atoms with Gasteiger partial charge in [0.05, 0.1) is 16.5 Å². The van der Waals surface area contributed by atoms with Crippen molar-refractivity contribution in [3.05, 3.63) is 68.7 Å². The number of anilines is 1. The molecule has 0 fully saturated rings.